The summed E-state index contributed by atoms with van der Waals surface area (Å²) in [5.41, 5.74) is 3.07. The molecule has 54 heavy (non-hydrogen) atoms. The maximum absolute atomic E-state index is 9.66. The Labute approximate surface area is 319 Å². The van der Waals surface area contributed by atoms with E-state index >= 15 is 0 Å². The number of anilines is 1. The van der Waals surface area contributed by atoms with Crippen LogP contribution in [0.1, 0.15) is 63.5 Å². The fraction of sp³-hybridized carbons (Fsp3) is 0.415. The van der Waals surface area contributed by atoms with Crippen LogP contribution in [0.25, 0.3) is 11.2 Å². The Morgan fingerprint density at radius 2 is 1.52 bits per heavy atom. The summed E-state index contributed by atoms with van der Waals surface area (Å²) >= 11 is 0. The second-order valence-electron chi connectivity index (χ2n) is 13.7. The van der Waals surface area contributed by atoms with Crippen molar-refractivity contribution in [1.82, 2.24) is 24.2 Å². The minimum absolute atomic E-state index is 0.183. The molecule has 0 aliphatic carbocycles. The van der Waals surface area contributed by atoms with Gasteiger partial charge >= 0.3 is 0 Å². The lowest BCUT2D eigenvalue weighted by molar-refractivity contribution is -0.0900. The first-order chi connectivity index (χ1) is 26.2. The maximum Gasteiger partial charge on any atom is 0.167 e. The van der Waals surface area contributed by atoms with Crippen LogP contribution in [0.2, 0.25) is 0 Å². The molecule has 13 heteroatoms. The van der Waals surface area contributed by atoms with Gasteiger partial charge in [-0.15, -0.1) is 0 Å². The van der Waals surface area contributed by atoms with Gasteiger partial charge in [0.1, 0.15) is 49.6 Å². The van der Waals surface area contributed by atoms with E-state index < -0.39 is 26.2 Å². The molecular formula is C41H50N7O5P. The molecule has 4 atom stereocenters. The van der Waals surface area contributed by atoms with Crippen molar-refractivity contribution in [2.75, 3.05) is 39.4 Å². The Bertz CT molecular complexity index is 1930. The first-order valence-corrected chi connectivity index (χ1v) is 19.7. The van der Waals surface area contributed by atoms with Gasteiger partial charge in [-0.05, 0) is 68.7 Å². The molecule has 0 spiro atoms. The molecule has 0 amide bonds. The summed E-state index contributed by atoms with van der Waals surface area (Å²) in [6, 6.07) is 29.0. The number of ether oxygens (including phenoxy) is 4. The Hall–Kier alpha value is -4.63. The number of nitrogens with one attached hydrogen (secondary N) is 1. The van der Waals surface area contributed by atoms with Crippen molar-refractivity contribution in [1.29, 1.82) is 5.26 Å². The van der Waals surface area contributed by atoms with E-state index in [4.69, 9.17) is 23.5 Å². The molecule has 3 heterocycles. The summed E-state index contributed by atoms with van der Waals surface area (Å²) in [4.78, 5) is 13.6. The van der Waals surface area contributed by atoms with Gasteiger partial charge in [0.2, 0.25) is 0 Å². The smallest absolute Gasteiger partial charge is 0.167 e. The lowest BCUT2D eigenvalue weighted by Gasteiger charge is -2.40. The molecule has 1 fully saturated rings. The highest BCUT2D eigenvalue weighted by molar-refractivity contribution is 7.50. The van der Waals surface area contributed by atoms with E-state index in [1.54, 1.807) is 20.5 Å². The summed E-state index contributed by atoms with van der Waals surface area (Å²) in [5.74, 6) is 2.13. The first kappa shape index (κ1) is 39.1. The molecule has 1 aliphatic rings. The molecule has 1 saturated heterocycles. The van der Waals surface area contributed by atoms with Crippen LogP contribution in [0.5, 0.6) is 11.5 Å². The van der Waals surface area contributed by atoms with Crippen LogP contribution < -0.4 is 14.8 Å². The van der Waals surface area contributed by atoms with Crippen molar-refractivity contribution in [3.05, 3.63) is 108 Å². The third-order valence-corrected chi connectivity index (χ3v) is 12.3. The number of nitriles is 1. The van der Waals surface area contributed by atoms with E-state index in [1.165, 1.54) is 6.33 Å². The number of rotatable bonds is 17. The lowest BCUT2D eigenvalue weighted by Crippen LogP contribution is -2.39. The van der Waals surface area contributed by atoms with Crippen molar-refractivity contribution in [2.24, 2.45) is 0 Å². The Morgan fingerprint density at radius 1 is 0.907 bits per heavy atom. The molecular weight excluding hydrogens is 701 g/mol. The topological polar surface area (TPSA) is 129 Å². The van der Waals surface area contributed by atoms with Gasteiger partial charge in [0.25, 0.3) is 0 Å². The molecule has 1 aliphatic heterocycles. The number of benzene rings is 3. The molecule has 2 aromatic heterocycles. The highest BCUT2D eigenvalue weighted by atomic mass is 31.2. The van der Waals surface area contributed by atoms with Crippen molar-refractivity contribution < 1.29 is 23.5 Å². The van der Waals surface area contributed by atoms with E-state index in [0.717, 1.165) is 28.2 Å². The number of nitrogens with zero attached hydrogens (tertiary/aromatic N) is 6. The molecule has 5 aromatic rings. The van der Waals surface area contributed by atoms with E-state index in [2.05, 4.69) is 70.8 Å². The number of aromatic nitrogens is 4. The third-order valence-electron chi connectivity index (χ3n) is 9.71. The minimum Gasteiger partial charge on any atom is -0.497 e. The van der Waals surface area contributed by atoms with Crippen LogP contribution >= 0.6 is 8.30 Å². The molecule has 3 aromatic carbocycles. The summed E-state index contributed by atoms with van der Waals surface area (Å²) in [7, 11) is 3.97. The zero-order valence-electron chi connectivity index (χ0n) is 32.0. The van der Waals surface area contributed by atoms with E-state index in [0.29, 0.717) is 36.0 Å². The van der Waals surface area contributed by atoms with Gasteiger partial charge < -0.3 is 28.8 Å². The number of imidazole rings is 1. The predicted molar refractivity (Wildman–Crippen MR) is 211 cm³/mol. The predicted octanol–water partition coefficient (Wildman–Crippen LogP) is 7.91. The fourth-order valence-electron chi connectivity index (χ4n) is 7.30. The van der Waals surface area contributed by atoms with Crippen molar-refractivity contribution in [3.63, 3.8) is 0 Å². The van der Waals surface area contributed by atoms with Gasteiger partial charge in [0.15, 0.2) is 11.5 Å². The van der Waals surface area contributed by atoms with Crippen LogP contribution in [-0.4, -0.2) is 82.5 Å². The van der Waals surface area contributed by atoms with Crippen LogP contribution in [0, 0.1) is 11.3 Å². The highest BCUT2D eigenvalue weighted by Gasteiger charge is 2.44. The number of hydrogen-bond acceptors (Lipinski definition) is 11. The van der Waals surface area contributed by atoms with Crippen molar-refractivity contribution >= 4 is 25.3 Å². The van der Waals surface area contributed by atoms with Crippen molar-refractivity contribution in [3.8, 4) is 17.6 Å². The zero-order chi connectivity index (χ0) is 38.2. The van der Waals surface area contributed by atoms with Crippen LogP contribution in [-0.2, 0) is 19.6 Å². The third kappa shape index (κ3) is 8.07. The monoisotopic (exact) mass is 751 g/mol. The normalized spacial score (nSPS) is 18.0. The Kier molecular flexibility index (Phi) is 12.8. The highest BCUT2D eigenvalue weighted by Crippen LogP contribution is 2.50. The molecule has 2 unspecified atom stereocenters. The van der Waals surface area contributed by atoms with Crippen molar-refractivity contribution in [2.45, 2.75) is 76.7 Å². The van der Waals surface area contributed by atoms with Crippen LogP contribution in [0.15, 0.2) is 91.5 Å². The van der Waals surface area contributed by atoms with Gasteiger partial charge in [-0.2, -0.15) is 5.26 Å². The molecule has 6 rings (SSSR count). The second-order valence-corrected chi connectivity index (χ2v) is 15.5. The van der Waals surface area contributed by atoms with Gasteiger partial charge in [-0.3, -0.25) is 9.24 Å². The quantitative estimate of drug-likeness (QED) is 0.0735. The molecule has 1 N–H and O–H groups in total. The molecule has 12 nitrogen and oxygen atoms in total. The van der Waals surface area contributed by atoms with E-state index in [1.807, 2.05) is 78.3 Å². The number of hydrogen-bond donors (Lipinski definition) is 1. The van der Waals surface area contributed by atoms with Crippen LogP contribution in [0.3, 0.4) is 0 Å². The molecule has 0 radical (unpaired) electrons. The van der Waals surface area contributed by atoms with Gasteiger partial charge in [-0.25, -0.2) is 15.0 Å². The van der Waals surface area contributed by atoms with Gasteiger partial charge in [0, 0.05) is 38.1 Å². The average Bonchev–Trinajstić information content (AvgIpc) is 3.81. The largest absolute Gasteiger partial charge is 0.497 e. The van der Waals surface area contributed by atoms with E-state index in [9.17, 15) is 5.26 Å². The lowest BCUT2D eigenvalue weighted by atomic mass is 9.80. The summed E-state index contributed by atoms with van der Waals surface area (Å²) in [6.45, 7) is 8.88. The number of fused-ring (bicyclic) bond motifs is 1. The maximum atomic E-state index is 9.66. The molecule has 284 valence electrons. The fourth-order valence-corrected chi connectivity index (χ4v) is 9.60. The second kappa shape index (κ2) is 17.7. The Morgan fingerprint density at radius 3 is 2.07 bits per heavy atom. The summed E-state index contributed by atoms with van der Waals surface area (Å²) in [6.07, 6.45) is 3.50. The standard InChI is InChI=1S/C41H50N7O5P/c1-28(2)48(29(3)4)54(23-11-22-42)53-35-24-37(47-27-46-38-39(43-5)44-26-45-40(38)47)52-36(35)25-51-41(30-12-9-8-10-13-30,31-14-18-33(49-6)19-15-31)32-16-20-34(50-7)21-17-32/h8-10,12-21,26-29,35-37H,11,23-25H2,1-7H3,(H,43,44,45)/t35-,36+,37?,54?/m0/s1. The van der Waals surface area contributed by atoms with Crippen LogP contribution in [0.4, 0.5) is 5.82 Å². The van der Waals surface area contributed by atoms with Gasteiger partial charge in [-0.1, -0.05) is 54.6 Å². The summed E-state index contributed by atoms with van der Waals surface area (Å²) < 4.78 is 36.9. The Balaban J connectivity index is 1.43. The molecule has 0 saturated carbocycles. The molecule has 0 bridgehead atoms. The number of methoxy groups -OCH3 is 2. The minimum atomic E-state index is -1.16. The van der Waals surface area contributed by atoms with Gasteiger partial charge in [0.05, 0.1) is 39.3 Å². The zero-order valence-corrected chi connectivity index (χ0v) is 32.9. The van der Waals surface area contributed by atoms with E-state index in [-0.39, 0.29) is 24.8 Å². The summed E-state index contributed by atoms with van der Waals surface area (Å²) in [5, 5.41) is 12.8. The first-order valence-electron chi connectivity index (χ1n) is 18.3. The average molecular weight is 752 g/mol. The SMILES string of the molecule is CNc1ncnc2c1ncn2C1C[C@H](OP(CCC#N)N(C(C)C)C(C)C)[C@@H](COC(c2ccccc2)(c2ccc(OC)cc2)c2ccc(OC)cc2)O1.